The Morgan fingerprint density at radius 2 is 0.758 bits per heavy atom. The molecule has 1 amide bonds. The highest BCUT2D eigenvalue weighted by atomic mass is 16.8. The fourth-order valence-corrected chi connectivity index (χ4v) is 12.6. The molecule has 12 N–H and O–H groups in total. The van der Waals surface area contributed by atoms with Crippen molar-refractivity contribution in [1.82, 2.24) is 5.32 Å². The summed E-state index contributed by atoms with van der Waals surface area (Å²) in [5.74, 6) is -0.258. The number of rotatable bonds is 57. The first kappa shape index (κ1) is 83.2. The van der Waals surface area contributed by atoms with Crippen LogP contribution in [0.2, 0.25) is 0 Å². The first-order valence-electron chi connectivity index (χ1n) is 36.7. The molecule has 0 aromatic heterocycles. The average molecular weight is 1300 g/mol. The molecule has 0 aromatic carbocycles. The van der Waals surface area contributed by atoms with Gasteiger partial charge in [0.1, 0.15) is 73.2 Å². The Hall–Kier alpha value is -1.99. The minimum atomic E-state index is -1.97. The third kappa shape index (κ3) is 35.7. The lowest BCUT2D eigenvalue weighted by Crippen LogP contribution is -2.66. The van der Waals surface area contributed by atoms with Gasteiger partial charge in [0.05, 0.1) is 38.6 Å². The predicted octanol–water partition coefficient (Wildman–Crippen LogP) is 10.4. The maximum Gasteiger partial charge on any atom is 0.220 e. The van der Waals surface area contributed by atoms with E-state index in [0.717, 1.165) is 77.0 Å². The first-order chi connectivity index (χ1) is 44.3. The van der Waals surface area contributed by atoms with Crippen molar-refractivity contribution < 1.29 is 89.4 Å². The Bertz CT molecular complexity index is 1790. The maximum atomic E-state index is 13.4. The van der Waals surface area contributed by atoms with E-state index in [1.54, 1.807) is 0 Å². The number of carbonyl (C=O) groups is 1. The summed E-state index contributed by atoms with van der Waals surface area (Å²) < 4.78 is 34.4. The number of aliphatic hydroxyl groups excluding tert-OH is 11. The Labute approximate surface area is 549 Å². The summed E-state index contributed by atoms with van der Waals surface area (Å²) in [5.41, 5.74) is 0. The van der Waals surface area contributed by atoms with E-state index in [2.05, 4.69) is 55.6 Å². The van der Waals surface area contributed by atoms with Crippen molar-refractivity contribution in [3.8, 4) is 0 Å². The molecule has 0 bridgehead atoms. The summed E-state index contributed by atoms with van der Waals surface area (Å²) in [4.78, 5) is 13.4. The molecule has 3 fully saturated rings. The quantitative estimate of drug-likeness (QED) is 0.0199. The van der Waals surface area contributed by atoms with Crippen LogP contribution in [0.15, 0.2) is 36.5 Å². The normalized spacial score (nSPS) is 28.0. The lowest BCUT2D eigenvalue weighted by atomic mass is 9.96. The molecule has 0 spiro atoms. The molecule has 0 radical (unpaired) electrons. The van der Waals surface area contributed by atoms with E-state index in [4.69, 9.17) is 28.4 Å². The molecule has 19 nitrogen and oxygen atoms in total. The molecular formula is C72H133NO18. The zero-order valence-electron chi connectivity index (χ0n) is 56.6. The first-order valence-corrected chi connectivity index (χ1v) is 36.7. The molecule has 19 heteroatoms. The van der Waals surface area contributed by atoms with Crippen molar-refractivity contribution in [1.29, 1.82) is 0 Å². The van der Waals surface area contributed by atoms with Gasteiger partial charge in [0.25, 0.3) is 0 Å². The summed E-state index contributed by atoms with van der Waals surface area (Å²) in [6.07, 6.45) is 36.8. The minimum absolute atomic E-state index is 0.247. The van der Waals surface area contributed by atoms with E-state index >= 15 is 0 Å². The molecule has 0 saturated carbocycles. The zero-order valence-corrected chi connectivity index (χ0v) is 56.6. The van der Waals surface area contributed by atoms with Crippen molar-refractivity contribution in [3.05, 3.63) is 36.5 Å². The van der Waals surface area contributed by atoms with Crippen LogP contribution in [-0.2, 0) is 33.2 Å². The summed E-state index contributed by atoms with van der Waals surface area (Å²) in [7, 11) is 0. The van der Waals surface area contributed by atoms with Gasteiger partial charge in [0.15, 0.2) is 18.9 Å². The number of hydrogen-bond donors (Lipinski definition) is 12. The van der Waals surface area contributed by atoms with Crippen LogP contribution in [-0.4, -0.2) is 193 Å². The van der Waals surface area contributed by atoms with Gasteiger partial charge in [-0.25, -0.2) is 0 Å². The van der Waals surface area contributed by atoms with Gasteiger partial charge in [-0.05, 0) is 44.9 Å². The number of hydrogen-bond acceptors (Lipinski definition) is 18. The monoisotopic (exact) mass is 1300 g/mol. The van der Waals surface area contributed by atoms with E-state index in [0.29, 0.717) is 12.8 Å². The van der Waals surface area contributed by atoms with Gasteiger partial charge in [-0.3, -0.25) is 4.79 Å². The molecule has 3 aliphatic heterocycles. The number of aliphatic hydroxyl groups is 11. The van der Waals surface area contributed by atoms with E-state index in [9.17, 15) is 61.0 Å². The molecule has 0 aromatic rings. The molecule has 17 atom stereocenters. The second-order valence-corrected chi connectivity index (χ2v) is 26.4. The fraction of sp³-hybridized carbons (Fsp3) is 0.903. The molecule has 3 saturated heterocycles. The standard InChI is InChI=1S/C72H133NO18/c1-3-5-7-9-11-13-15-17-19-20-21-22-23-24-25-26-27-28-29-30-31-32-33-34-36-37-39-41-43-45-47-49-56(77)55(73-60(78)50-48-46-44-42-40-38-35-18-16-14-12-10-8-6-4-2)54-86-70-66(84)63(81)68(58(52-75)88-70)91-72-67(85)64(82)69(59(53-76)89-72)90-71-65(83)62(80)61(79)57(51-74)87-71/h6,8,12,14,18,35,55-59,61-72,74-77,79-85H,3-5,7,9-11,13,15-17,19-34,36-54H2,1-2H3,(H,73,78)/b8-6-,14-12-,35-18-. The number of carbonyl (C=O) groups excluding carboxylic acids is 1. The Morgan fingerprint density at radius 3 is 1.19 bits per heavy atom. The van der Waals surface area contributed by atoms with E-state index < -0.39 is 124 Å². The fourth-order valence-electron chi connectivity index (χ4n) is 12.6. The number of nitrogens with one attached hydrogen (secondary N) is 1. The smallest absolute Gasteiger partial charge is 0.220 e. The second kappa shape index (κ2) is 54.1. The van der Waals surface area contributed by atoms with Crippen molar-refractivity contribution in [2.45, 2.75) is 388 Å². The molecule has 3 rings (SSSR count). The average Bonchev–Trinajstić information content (AvgIpc) is 0.883. The molecule has 534 valence electrons. The molecule has 91 heavy (non-hydrogen) atoms. The maximum absolute atomic E-state index is 13.4. The molecule has 0 aliphatic carbocycles. The number of amides is 1. The highest BCUT2D eigenvalue weighted by Gasteiger charge is 2.53. The highest BCUT2D eigenvalue weighted by molar-refractivity contribution is 5.76. The lowest BCUT2D eigenvalue weighted by Gasteiger charge is -2.48. The van der Waals surface area contributed by atoms with E-state index in [1.165, 1.54) is 173 Å². The van der Waals surface area contributed by atoms with Gasteiger partial charge in [-0.2, -0.15) is 0 Å². The zero-order chi connectivity index (χ0) is 66.1. The third-order valence-electron chi connectivity index (χ3n) is 18.5. The van der Waals surface area contributed by atoms with Crippen LogP contribution < -0.4 is 5.32 Å². The lowest BCUT2D eigenvalue weighted by molar-refractivity contribution is -0.379. The van der Waals surface area contributed by atoms with E-state index in [-0.39, 0.29) is 18.9 Å². The molecule has 3 aliphatic rings. The number of allylic oxidation sites excluding steroid dienone is 6. The Kier molecular flexibility index (Phi) is 49.5. The summed E-state index contributed by atoms with van der Waals surface area (Å²) in [6.45, 7) is 1.70. The van der Waals surface area contributed by atoms with Crippen LogP contribution in [0.4, 0.5) is 0 Å². The van der Waals surface area contributed by atoms with Gasteiger partial charge in [0.2, 0.25) is 5.91 Å². The molecular weight excluding hydrogens is 1170 g/mol. The van der Waals surface area contributed by atoms with Gasteiger partial charge < -0.3 is 89.9 Å². The largest absolute Gasteiger partial charge is 0.394 e. The number of ether oxygens (including phenoxy) is 6. The third-order valence-corrected chi connectivity index (χ3v) is 18.5. The number of unbranched alkanes of at least 4 members (excludes halogenated alkanes) is 35. The van der Waals surface area contributed by atoms with E-state index in [1.807, 2.05) is 0 Å². The van der Waals surface area contributed by atoms with Gasteiger partial charge in [0, 0.05) is 6.42 Å². The van der Waals surface area contributed by atoms with Crippen LogP contribution in [0.25, 0.3) is 0 Å². The minimum Gasteiger partial charge on any atom is -0.394 e. The SMILES string of the molecule is CC/C=C\C/C=C\C/C=C\CCCCCCCC(=O)NC(COC1OC(CO)C(OC2OC(CO)C(OC3OC(CO)C(O)C(O)C3O)C(O)C2O)C(O)C1O)C(O)CCCCCCCCCCCCCCCCCCCCCCCCCCCCCCCCC. The summed E-state index contributed by atoms with van der Waals surface area (Å²) in [6, 6.07) is -0.897. The Morgan fingerprint density at radius 1 is 0.407 bits per heavy atom. The van der Waals surface area contributed by atoms with Crippen LogP contribution in [0.1, 0.15) is 284 Å². The summed E-state index contributed by atoms with van der Waals surface area (Å²) >= 11 is 0. The van der Waals surface area contributed by atoms with Crippen molar-refractivity contribution >= 4 is 5.91 Å². The predicted molar refractivity (Wildman–Crippen MR) is 356 cm³/mol. The van der Waals surface area contributed by atoms with Gasteiger partial charge >= 0.3 is 0 Å². The van der Waals surface area contributed by atoms with Crippen LogP contribution in [0.3, 0.4) is 0 Å². The van der Waals surface area contributed by atoms with Crippen molar-refractivity contribution in [3.63, 3.8) is 0 Å². The topological polar surface area (TPSA) is 307 Å². The molecule has 3 heterocycles. The van der Waals surface area contributed by atoms with Crippen LogP contribution in [0, 0.1) is 0 Å². The van der Waals surface area contributed by atoms with Crippen molar-refractivity contribution in [2.24, 2.45) is 0 Å². The molecule has 17 unspecified atom stereocenters. The van der Waals surface area contributed by atoms with Crippen molar-refractivity contribution in [2.75, 3.05) is 26.4 Å². The van der Waals surface area contributed by atoms with Crippen LogP contribution >= 0.6 is 0 Å². The second-order valence-electron chi connectivity index (χ2n) is 26.4. The summed E-state index contributed by atoms with van der Waals surface area (Å²) in [5, 5.41) is 121. The van der Waals surface area contributed by atoms with Gasteiger partial charge in [-0.15, -0.1) is 0 Å². The Balaban J connectivity index is 1.37. The van der Waals surface area contributed by atoms with Gasteiger partial charge in [-0.1, -0.05) is 269 Å². The van der Waals surface area contributed by atoms with Crippen LogP contribution in [0.5, 0.6) is 0 Å². The highest BCUT2D eigenvalue weighted by Crippen LogP contribution is 2.33.